The molecule has 26 heavy (non-hydrogen) atoms. The Kier molecular flexibility index (Phi) is 5.07. The smallest absolute Gasteiger partial charge is 0.252 e. The van der Waals surface area contributed by atoms with Crippen molar-refractivity contribution >= 4 is 23.1 Å². The molecule has 0 fully saturated rings. The van der Waals surface area contributed by atoms with E-state index in [1.807, 2.05) is 31.2 Å². The lowest BCUT2D eigenvalue weighted by atomic mass is 10.2. The van der Waals surface area contributed by atoms with Gasteiger partial charge in [0.25, 0.3) is 5.91 Å². The number of primary amides is 1. The molecule has 2 aromatic heterocycles. The van der Waals surface area contributed by atoms with Crippen LogP contribution < -0.4 is 16.4 Å². The fourth-order valence-electron chi connectivity index (χ4n) is 2.40. The summed E-state index contributed by atoms with van der Waals surface area (Å²) in [6.45, 7) is 2.30. The third kappa shape index (κ3) is 4.32. The fourth-order valence-corrected chi connectivity index (χ4v) is 2.40. The first kappa shape index (κ1) is 17.3. The number of benzene rings is 1. The van der Waals surface area contributed by atoms with E-state index in [4.69, 9.17) is 5.73 Å². The highest BCUT2D eigenvalue weighted by molar-refractivity contribution is 5.98. The van der Waals surface area contributed by atoms with Gasteiger partial charge in [-0.3, -0.25) is 9.78 Å². The largest absolute Gasteiger partial charge is 0.380 e. The number of pyridine rings is 2. The monoisotopic (exact) mass is 351 g/mol. The summed E-state index contributed by atoms with van der Waals surface area (Å²) in [7, 11) is 0. The van der Waals surface area contributed by atoms with E-state index in [0.717, 1.165) is 17.4 Å². The highest BCUT2D eigenvalue weighted by Gasteiger charge is 2.11. The molecule has 0 bridgehead atoms. The number of amides is 1. The summed E-state index contributed by atoms with van der Waals surface area (Å²) >= 11 is 0. The fraction of sp³-hybridized carbons (Fsp3) is 0.105. The summed E-state index contributed by atoms with van der Waals surface area (Å²) < 4.78 is 13.3. The molecule has 1 amide bonds. The molecular formula is C19H18FN5O. The van der Waals surface area contributed by atoms with Crippen LogP contribution in [0.15, 0.2) is 55.0 Å². The van der Waals surface area contributed by atoms with E-state index in [0.29, 0.717) is 23.6 Å². The molecule has 0 atom stereocenters. The molecule has 7 heteroatoms. The molecule has 3 rings (SSSR count). The van der Waals surface area contributed by atoms with Crippen molar-refractivity contribution in [3.05, 3.63) is 77.5 Å². The van der Waals surface area contributed by atoms with E-state index in [9.17, 15) is 9.18 Å². The third-order valence-corrected chi connectivity index (χ3v) is 3.74. The van der Waals surface area contributed by atoms with Gasteiger partial charge in [-0.15, -0.1) is 0 Å². The number of aromatic nitrogens is 2. The standard InChI is InChI=1S/C19H18FN5O/c1-12-2-4-15(5-3-12)25-18-7-17(16(11-24-18)19(21)26)23-9-13-6-14(20)10-22-8-13/h2-8,10-11H,9H2,1H3,(H2,21,26)(H2,23,24,25). The number of carbonyl (C=O) groups is 1. The molecule has 0 spiro atoms. The highest BCUT2D eigenvalue weighted by atomic mass is 19.1. The van der Waals surface area contributed by atoms with Gasteiger partial charge < -0.3 is 16.4 Å². The maximum absolute atomic E-state index is 13.3. The molecule has 0 aliphatic carbocycles. The molecule has 2 heterocycles. The maximum Gasteiger partial charge on any atom is 0.252 e. The van der Waals surface area contributed by atoms with Gasteiger partial charge in [-0.25, -0.2) is 9.37 Å². The van der Waals surface area contributed by atoms with Crippen molar-refractivity contribution in [1.29, 1.82) is 0 Å². The molecule has 0 aliphatic rings. The van der Waals surface area contributed by atoms with E-state index in [1.165, 1.54) is 12.3 Å². The SMILES string of the molecule is Cc1ccc(Nc2cc(NCc3cncc(F)c3)c(C(N)=O)cn2)cc1. The minimum Gasteiger partial charge on any atom is -0.380 e. The van der Waals surface area contributed by atoms with Crippen LogP contribution in [0.1, 0.15) is 21.5 Å². The van der Waals surface area contributed by atoms with E-state index in [2.05, 4.69) is 20.6 Å². The van der Waals surface area contributed by atoms with Crippen molar-refractivity contribution in [3.8, 4) is 0 Å². The molecule has 1 aromatic carbocycles. The summed E-state index contributed by atoms with van der Waals surface area (Å²) in [4.78, 5) is 19.7. The topological polar surface area (TPSA) is 92.9 Å². The molecule has 6 nitrogen and oxygen atoms in total. The zero-order valence-electron chi connectivity index (χ0n) is 14.2. The van der Waals surface area contributed by atoms with E-state index in [-0.39, 0.29) is 5.56 Å². The number of hydrogen-bond donors (Lipinski definition) is 3. The van der Waals surface area contributed by atoms with Crippen LogP contribution >= 0.6 is 0 Å². The van der Waals surface area contributed by atoms with Crippen LogP contribution in [0.4, 0.5) is 21.6 Å². The van der Waals surface area contributed by atoms with Crippen molar-refractivity contribution in [3.63, 3.8) is 0 Å². The van der Waals surface area contributed by atoms with Gasteiger partial charge in [0.1, 0.15) is 11.6 Å². The van der Waals surface area contributed by atoms with Gasteiger partial charge in [0.15, 0.2) is 0 Å². The summed E-state index contributed by atoms with van der Waals surface area (Å²) in [6.07, 6.45) is 4.09. The Hall–Kier alpha value is -3.48. The zero-order chi connectivity index (χ0) is 18.5. The van der Waals surface area contributed by atoms with Crippen molar-refractivity contribution in [2.45, 2.75) is 13.5 Å². The number of nitrogens with one attached hydrogen (secondary N) is 2. The third-order valence-electron chi connectivity index (χ3n) is 3.74. The molecule has 0 saturated heterocycles. The molecule has 0 aliphatic heterocycles. The van der Waals surface area contributed by atoms with E-state index >= 15 is 0 Å². The predicted molar refractivity (Wildman–Crippen MR) is 98.7 cm³/mol. The van der Waals surface area contributed by atoms with Crippen LogP contribution in [0.5, 0.6) is 0 Å². The van der Waals surface area contributed by atoms with Gasteiger partial charge in [0, 0.05) is 30.7 Å². The van der Waals surface area contributed by atoms with Gasteiger partial charge in [-0.05, 0) is 30.7 Å². The lowest BCUT2D eigenvalue weighted by molar-refractivity contribution is 0.100. The molecule has 3 aromatic rings. The van der Waals surface area contributed by atoms with Crippen molar-refractivity contribution in [1.82, 2.24) is 9.97 Å². The number of nitrogens with two attached hydrogens (primary N) is 1. The van der Waals surface area contributed by atoms with Crippen LogP contribution in [0, 0.1) is 12.7 Å². The van der Waals surface area contributed by atoms with Gasteiger partial charge >= 0.3 is 0 Å². The molecule has 0 radical (unpaired) electrons. The Balaban J connectivity index is 1.81. The number of anilines is 3. The number of carbonyl (C=O) groups excluding carboxylic acids is 1. The highest BCUT2D eigenvalue weighted by Crippen LogP contribution is 2.22. The van der Waals surface area contributed by atoms with Gasteiger partial charge in [0.2, 0.25) is 0 Å². The summed E-state index contributed by atoms with van der Waals surface area (Å²) in [5.41, 5.74) is 8.84. The lowest BCUT2D eigenvalue weighted by Crippen LogP contribution is -2.15. The summed E-state index contributed by atoms with van der Waals surface area (Å²) in [5, 5.41) is 6.26. The Morgan fingerprint density at radius 2 is 1.92 bits per heavy atom. The van der Waals surface area contributed by atoms with Gasteiger partial charge in [-0.1, -0.05) is 17.7 Å². The van der Waals surface area contributed by atoms with Crippen LogP contribution in [-0.4, -0.2) is 15.9 Å². The lowest BCUT2D eigenvalue weighted by Gasteiger charge is -2.13. The number of rotatable bonds is 6. The quantitative estimate of drug-likeness (QED) is 0.633. The van der Waals surface area contributed by atoms with Crippen molar-refractivity contribution in [2.75, 3.05) is 10.6 Å². The van der Waals surface area contributed by atoms with E-state index < -0.39 is 11.7 Å². The van der Waals surface area contributed by atoms with Crippen LogP contribution in [0.3, 0.4) is 0 Å². The summed E-state index contributed by atoms with van der Waals surface area (Å²) in [6, 6.07) is 10.9. The first-order valence-corrected chi connectivity index (χ1v) is 7.98. The summed E-state index contributed by atoms with van der Waals surface area (Å²) in [5.74, 6) is -0.464. The number of hydrogen-bond acceptors (Lipinski definition) is 5. The second-order valence-electron chi connectivity index (χ2n) is 5.84. The Morgan fingerprint density at radius 3 is 2.62 bits per heavy atom. The molecule has 0 unspecified atom stereocenters. The first-order valence-electron chi connectivity index (χ1n) is 7.98. The second kappa shape index (κ2) is 7.60. The zero-order valence-corrected chi connectivity index (χ0v) is 14.2. The van der Waals surface area contributed by atoms with Crippen molar-refractivity contribution < 1.29 is 9.18 Å². The maximum atomic E-state index is 13.3. The van der Waals surface area contributed by atoms with Crippen LogP contribution in [0.2, 0.25) is 0 Å². The molecule has 132 valence electrons. The average molecular weight is 351 g/mol. The van der Waals surface area contributed by atoms with Gasteiger partial charge in [0.05, 0.1) is 17.4 Å². The second-order valence-corrected chi connectivity index (χ2v) is 5.84. The minimum atomic E-state index is -0.598. The van der Waals surface area contributed by atoms with E-state index in [1.54, 1.807) is 12.3 Å². The first-order chi connectivity index (χ1) is 12.5. The Labute approximate surface area is 150 Å². The van der Waals surface area contributed by atoms with Gasteiger partial charge in [-0.2, -0.15) is 0 Å². The van der Waals surface area contributed by atoms with Crippen LogP contribution in [-0.2, 0) is 6.54 Å². The molecule has 0 saturated carbocycles. The Morgan fingerprint density at radius 1 is 1.15 bits per heavy atom. The van der Waals surface area contributed by atoms with Crippen LogP contribution in [0.25, 0.3) is 0 Å². The predicted octanol–water partition coefficient (Wildman–Crippen LogP) is 3.38. The van der Waals surface area contributed by atoms with Crippen molar-refractivity contribution in [2.24, 2.45) is 5.73 Å². The normalized spacial score (nSPS) is 10.4. The molecule has 4 N–H and O–H groups in total. The Bertz CT molecular complexity index is 927. The number of halogens is 1. The minimum absolute atomic E-state index is 0.254. The number of aryl methyl sites for hydroxylation is 1. The molecular weight excluding hydrogens is 333 g/mol. The number of nitrogens with zero attached hydrogens (tertiary/aromatic N) is 2. The average Bonchev–Trinajstić information content (AvgIpc) is 2.62.